The van der Waals surface area contributed by atoms with E-state index in [2.05, 4.69) is 63.1 Å². The predicted molar refractivity (Wildman–Crippen MR) is 203 cm³/mol. The maximum Gasteiger partial charge on any atom is 0.0717 e. The van der Waals surface area contributed by atoms with E-state index < -0.39 is 17.6 Å². The van der Waals surface area contributed by atoms with Crippen LogP contribution in [0.3, 0.4) is 0 Å². The van der Waals surface area contributed by atoms with E-state index in [-0.39, 0.29) is 0 Å². The standard InChI is InChI=1S/C34H74O2S3Si2/c1-7-13-25-35-33(40(29-15-9-3)30-16-10-4)23-19-21-27-37-39-38-28-22-20-24-34(36-26-14-8-2)41(31-17-11-5)32-18-12-6/h33-34,40-41H,7-32H2,1-6H3. The topological polar surface area (TPSA) is 18.5 Å². The zero-order valence-electron chi connectivity index (χ0n) is 28.7. The molecule has 0 saturated carbocycles. The van der Waals surface area contributed by atoms with E-state index in [9.17, 15) is 0 Å². The normalized spacial score (nSPS) is 13.5. The van der Waals surface area contributed by atoms with Gasteiger partial charge >= 0.3 is 0 Å². The highest BCUT2D eigenvalue weighted by molar-refractivity contribution is 9.09. The fourth-order valence-corrected chi connectivity index (χ4v) is 17.7. The summed E-state index contributed by atoms with van der Waals surface area (Å²) in [6.45, 7) is 16.0. The lowest BCUT2D eigenvalue weighted by Gasteiger charge is -2.27. The first-order chi connectivity index (χ1) is 20.2. The van der Waals surface area contributed by atoms with Crippen molar-refractivity contribution in [2.45, 2.75) is 193 Å². The van der Waals surface area contributed by atoms with Crippen LogP contribution >= 0.6 is 31.4 Å². The summed E-state index contributed by atoms with van der Waals surface area (Å²) in [4.78, 5) is 0. The van der Waals surface area contributed by atoms with Gasteiger partial charge in [-0.15, -0.1) is 0 Å². The van der Waals surface area contributed by atoms with Crippen LogP contribution < -0.4 is 0 Å². The van der Waals surface area contributed by atoms with Crippen LogP contribution in [0.5, 0.6) is 0 Å². The summed E-state index contributed by atoms with van der Waals surface area (Å²) in [5.41, 5.74) is 1.26. The fourth-order valence-electron chi connectivity index (χ4n) is 5.68. The van der Waals surface area contributed by atoms with Gasteiger partial charge in [0, 0.05) is 36.2 Å². The Bertz CT molecular complexity index is 447. The maximum absolute atomic E-state index is 6.56. The highest BCUT2D eigenvalue weighted by Crippen LogP contribution is 2.36. The van der Waals surface area contributed by atoms with Gasteiger partial charge < -0.3 is 9.47 Å². The molecule has 2 unspecified atom stereocenters. The molecule has 7 heteroatoms. The average Bonchev–Trinajstić information content (AvgIpc) is 2.98. The zero-order valence-corrected chi connectivity index (χ0v) is 33.5. The Labute approximate surface area is 274 Å². The van der Waals surface area contributed by atoms with Gasteiger partial charge in [0.25, 0.3) is 0 Å². The summed E-state index contributed by atoms with van der Waals surface area (Å²) in [5, 5.41) is 0. The van der Waals surface area contributed by atoms with Gasteiger partial charge in [0.05, 0.1) is 17.6 Å². The Hall–Kier alpha value is 1.40. The van der Waals surface area contributed by atoms with Gasteiger partial charge in [-0.3, -0.25) is 0 Å². The summed E-state index contributed by atoms with van der Waals surface area (Å²) < 4.78 is 13.1. The van der Waals surface area contributed by atoms with Crippen molar-refractivity contribution in [2.24, 2.45) is 0 Å². The van der Waals surface area contributed by atoms with Crippen molar-refractivity contribution >= 4 is 49.0 Å². The maximum atomic E-state index is 6.56. The molecule has 0 aliphatic carbocycles. The second kappa shape index (κ2) is 34.3. The molecule has 0 fully saturated rings. The molecule has 0 aromatic rings. The van der Waals surface area contributed by atoms with Crippen molar-refractivity contribution in [3.8, 4) is 0 Å². The van der Waals surface area contributed by atoms with Crippen LogP contribution in [0.15, 0.2) is 0 Å². The molecule has 0 aliphatic rings. The van der Waals surface area contributed by atoms with Crippen molar-refractivity contribution in [1.82, 2.24) is 0 Å². The highest BCUT2D eigenvalue weighted by Gasteiger charge is 2.24. The smallest absolute Gasteiger partial charge is 0.0717 e. The largest absolute Gasteiger partial charge is 0.382 e. The summed E-state index contributed by atoms with van der Waals surface area (Å²) in [6.07, 6.45) is 24.1. The molecule has 2 atom stereocenters. The Morgan fingerprint density at radius 1 is 0.439 bits per heavy atom. The summed E-state index contributed by atoms with van der Waals surface area (Å²) in [5.74, 6) is 2.59. The molecule has 0 aromatic heterocycles. The van der Waals surface area contributed by atoms with Crippen LogP contribution in [0.1, 0.15) is 157 Å². The average molecular weight is 667 g/mol. The molecule has 0 N–H and O–H groups in total. The quantitative estimate of drug-likeness (QED) is 0.0385. The van der Waals surface area contributed by atoms with Crippen LogP contribution in [0.25, 0.3) is 0 Å². The van der Waals surface area contributed by atoms with Crippen LogP contribution in [0.4, 0.5) is 0 Å². The highest BCUT2D eigenvalue weighted by atomic mass is 33.5. The van der Waals surface area contributed by atoms with Gasteiger partial charge in [0.15, 0.2) is 0 Å². The van der Waals surface area contributed by atoms with Crippen molar-refractivity contribution in [3.63, 3.8) is 0 Å². The minimum atomic E-state index is -0.788. The van der Waals surface area contributed by atoms with Gasteiger partial charge in [0.1, 0.15) is 0 Å². The molecule has 2 nitrogen and oxygen atoms in total. The molecule has 0 bridgehead atoms. The van der Waals surface area contributed by atoms with E-state index in [1.807, 2.05) is 9.83 Å². The van der Waals surface area contributed by atoms with Crippen molar-refractivity contribution in [1.29, 1.82) is 0 Å². The molecule has 0 spiro atoms. The number of hydrogen-bond donors (Lipinski definition) is 0. The number of ether oxygens (including phenoxy) is 2. The van der Waals surface area contributed by atoms with E-state index in [1.165, 1.54) is 151 Å². The van der Waals surface area contributed by atoms with Crippen LogP contribution in [-0.4, -0.2) is 53.8 Å². The molecule has 248 valence electrons. The molecule has 0 aliphatic heterocycles. The van der Waals surface area contributed by atoms with E-state index in [1.54, 1.807) is 0 Å². The second-order valence-corrected chi connectivity index (χ2v) is 23.6. The Morgan fingerprint density at radius 2 is 0.780 bits per heavy atom. The van der Waals surface area contributed by atoms with Crippen LogP contribution in [0, 0.1) is 0 Å². The van der Waals surface area contributed by atoms with Crippen LogP contribution in [0.2, 0.25) is 24.2 Å². The Kier molecular flexibility index (Phi) is 35.5. The van der Waals surface area contributed by atoms with E-state index in [4.69, 9.17) is 9.47 Å². The minimum Gasteiger partial charge on any atom is -0.382 e. The third kappa shape index (κ3) is 26.3. The first-order valence-electron chi connectivity index (χ1n) is 18.3. The summed E-state index contributed by atoms with van der Waals surface area (Å²) in [7, 11) is 4.67. The molecule has 0 radical (unpaired) electrons. The lowest BCUT2D eigenvalue weighted by Crippen LogP contribution is -2.34. The van der Waals surface area contributed by atoms with Crippen LogP contribution in [-0.2, 0) is 9.47 Å². The van der Waals surface area contributed by atoms with Gasteiger partial charge in [0.2, 0.25) is 0 Å². The first-order valence-corrected chi connectivity index (χ1v) is 26.7. The number of rotatable bonds is 34. The second-order valence-electron chi connectivity index (χ2n) is 12.3. The molecule has 0 saturated heterocycles. The minimum absolute atomic E-state index is 0.632. The van der Waals surface area contributed by atoms with E-state index in [0.717, 1.165) is 13.2 Å². The molecule has 41 heavy (non-hydrogen) atoms. The molecule has 0 rings (SSSR count). The van der Waals surface area contributed by atoms with Crippen molar-refractivity contribution in [3.05, 3.63) is 0 Å². The van der Waals surface area contributed by atoms with Gasteiger partial charge in [-0.1, -0.05) is 164 Å². The fraction of sp³-hybridized carbons (Fsp3) is 1.00. The summed E-state index contributed by atoms with van der Waals surface area (Å²) >= 11 is 0. The predicted octanol–water partition coefficient (Wildman–Crippen LogP) is 12.5. The number of hydrogen-bond acceptors (Lipinski definition) is 5. The van der Waals surface area contributed by atoms with Gasteiger partial charge in [-0.25, -0.2) is 0 Å². The molecular weight excluding hydrogens is 593 g/mol. The van der Waals surface area contributed by atoms with E-state index >= 15 is 0 Å². The van der Waals surface area contributed by atoms with Crippen molar-refractivity contribution in [2.75, 3.05) is 24.7 Å². The zero-order chi connectivity index (χ0) is 30.2. The molecular formula is C34H74O2S3Si2. The molecule has 0 aromatic carbocycles. The SMILES string of the molecule is CCCCOC(CCCCSSSCCCCC(OCCCC)[SiH](CCCC)CCCC)[SiH](CCCC)CCCC. The van der Waals surface area contributed by atoms with Gasteiger partial charge in [-0.05, 0) is 48.4 Å². The lowest BCUT2D eigenvalue weighted by atomic mass is 10.2. The molecule has 0 heterocycles. The third-order valence-corrected chi connectivity index (χ3v) is 20.6. The molecule has 0 amide bonds. The lowest BCUT2D eigenvalue weighted by molar-refractivity contribution is 0.0915. The van der Waals surface area contributed by atoms with Crippen molar-refractivity contribution < 1.29 is 9.47 Å². The Morgan fingerprint density at radius 3 is 1.10 bits per heavy atom. The number of unbranched alkanes of at least 4 members (excludes halogenated alkanes) is 8. The Balaban J connectivity index is 4.27. The van der Waals surface area contributed by atoms with Gasteiger partial charge in [-0.2, -0.15) is 0 Å². The summed E-state index contributed by atoms with van der Waals surface area (Å²) in [6, 6.07) is 6.00. The first kappa shape index (κ1) is 42.4. The monoisotopic (exact) mass is 666 g/mol. The van der Waals surface area contributed by atoms with E-state index in [0.29, 0.717) is 11.5 Å². The third-order valence-electron chi connectivity index (χ3n) is 8.45.